The molecule has 0 bridgehead atoms. The molecule has 4 N–H and O–H groups in total. The molecule has 0 unspecified atom stereocenters. The number of aromatic hydroxyl groups is 1. The average Bonchev–Trinajstić information content (AvgIpc) is 3.02. The molecular formula is C29H18Br2N5Na3O13S3. The molecule has 26 heteroatoms. The number of carbonyl (C=O) groups excluding carboxylic acids is 3. The van der Waals surface area contributed by atoms with Crippen LogP contribution in [-0.4, -0.2) is 61.7 Å². The van der Waals surface area contributed by atoms with Crippen LogP contribution in [0, 0.1) is 0 Å². The number of rotatable bonds is 11. The first-order chi connectivity index (χ1) is 24.0. The minimum Gasteiger partial charge on any atom is -0.744 e. The van der Waals surface area contributed by atoms with Gasteiger partial charge < -0.3 is 34.7 Å². The topological polar surface area (TPSA) is 304 Å². The van der Waals surface area contributed by atoms with Gasteiger partial charge in [-0.15, -0.1) is 10.2 Å². The number of nitrogens with one attached hydrogen (secondary N) is 3. The quantitative estimate of drug-likeness (QED) is 0.0479. The van der Waals surface area contributed by atoms with Crippen LogP contribution in [0.3, 0.4) is 0 Å². The summed E-state index contributed by atoms with van der Waals surface area (Å²) in [6.45, 7) is 6.78. The van der Waals surface area contributed by atoms with Gasteiger partial charge in [-0.1, -0.05) is 19.2 Å². The Balaban J connectivity index is 0.00000504. The fourth-order valence-corrected chi connectivity index (χ4v) is 6.28. The van der Waals surface area contributed by atoms with Crippen LogP contribution in [0.1, 0.15) is 10.4 Å². The summed E-state index contributed by atoms with van der Waals surface area (Å²) in [7, 11) is -16.3. The molecule has 0 spiro atoms. The van der Waals surface area contributed by atoms with Crippen LogP contribution < -0.4 is 105 Å². The molecule has 0 fully saturated rings. The molecule has 0 saturated carbocycles. The van der Waals surface area contributed by atoms with Crippen LogP contribution in [0.25, 0.3) is 10.8 Å². The molecule has 0 radical (unpaired) electrons. The second kappa shape index (κ2) is 20.2. The number of amides is 3. The number of phenolic OH excluding ortho intramolecular Hbond substituents is 1. The Kier molecular flexibility index (Phi) is 18.8. The summed E-state index contributed by atoms with van der Waals surface area (Å²) in [6, 6.07) is 9.47. The van der Waals surface area contributed by atoms with E-state index in [1.165, 1.54) is 24.3 Å². The Morgan fingerprint density at radius 1 is 0.673 bits per heavy atom. The zero-order chi connectivity index (χ0) is 38.9. The molecule has 3 amide bonds. The molecule has 0 atom stereocenters. The number of anilines is 3. The Hall–Kier alpha value is -1.88. The van der Waals surface area contributed by atoms with Gasteiger partial charge in [0.25, 0.3) is 17.7 Å². The van der Waals surface area contributed by atoms with Crippen LogP contribution in [0.4, 0.5) is 28.4 Å². The number of fused-ring (bicyclic) bond motifs is 1. The van der Waals surface area contributed by atoms with Gasteiger partial charge in [0.2, 0.25) is 0 Å². The van der Waals surface area contributed by atoms with E-state index in [0.29, 0.717) is 18.2 Å². The van der Waals surface area contributed by atoms with E-state index in [-0.39, 0.29) is 115 Å². The first-order valence-electron chi connectivity index (χ1n) is 13.5. The molecule has 0 aromatic heterocycles. The van der Waals surface area contributed by atoms with Crippen molar-refractivity contribution in [3.63, 3.8) is 0 Å². The van der Waals surface area contributed by atoms with E-state index in [9.17, 15) is 58.4 Å². The predicted molar refractivity (Wildman–Crippen MR) is 188 cm³/mol. The van der Waals surface area contributed by atoms with Crippen molar-refractivity contribution in [1.29, 1.82) is 0 Å². The molecule has 0 aliphatic heterocycles. The Bertz CT molecular complexity index is 2630. The fraction of sp³-hybridized carbons (Fsp3) is 0. The number of phenols is 1. The van der Waals surface area contributed by atoms with E-state index in [4.69, 9.17) is 0 Å². The number of halogens is 2. The summed E-state index contributed by atoms with van der Waals surface area (Å²) in [5, 5.41) is 24.2. The third kappa shape index (κ3) is 13.1. The van der Waals surface area contributed by atoms with Gasteiger partial charge in [0.05, 0.1) is 29.3 Å². The maximum absolute atomic E-state index is 13.3. The second-order valence-electron chi connectivity index (χ2n) is 10.1. The van der Waals surface area contributed by atoms with Crippen LogP contribution in [-0.2, 0) is 39.9 Å². The van der Waals surface area contributed by atoms with Crippen molar-refractivity contribution in [1.82, 2.24) is 0 Å². The zero-order valence-electron chi connectivity index (χ0n) is 28.4. The average molecular weight is 969 g/mol. The molecule has 0 aliphatic carbocycles. The van der Waals surface area contributed by atoms with Crippen molar-refractivity contribution in [2.45, 2.75) is 14.7 Å². The number of benzene rings is 4. The minimum absolute atomic E-state index is 0. The molecule has 18 nitrogen and oxygen atoms in total. The number of hydrogen-bond acceptors (Lipinski definition) is 15. The van der Waals surface area contributed by atoms with E-state index in [1.807, 2.05) is 0 Å². The first kappa shape index (κ1) is 51.1. The summed E-state index contributed by atoms with van der Waals surface area (Å²) in [5.41, 5.74) is -2.84. The molecule has 0 heterocycles. The van der Waals surface area contributed by atoms with E-state index in [0.717, 1.165) is 18.2 Å². The largest absolute Gasteiger partial charge is 1.00 e. The fourth-order valence-electron chi connectivity index (χ4n) is 4.31. The van der Waals surface area contributed by atoms with Gasteiger partial charge in [0.15, 0.2) is 5.75 Å². The van der Waals surface area contributed by atoms with Gasteiger partial charge in [0, 0.05) is 22.3 Å². The van der Waals surface area contributed by atoms with Crippen LogP contribution >= 0.6 is 31.9 Å². The maximum Gasteiger partial charge on any atom is 1.00 e. The minimum atomic E-state index is -5.65. The monoisotopic (exact) mass is 967 g/mol. The van der Waals surface area contributed by atoms with Crippen molar-refractivity contribution < 1.29 is 147 Å². The van der Waals surface area contributed by atoms with Crippen LogP contribution in [0.2, 0.25) is 0 Å². The summed E-state index contributed by atoms with van der Waals surface area (Å²) in [5.74, 6) is -3.73. The standard InChI is InChI=1S/C29H21Br2N5O13S3.3Na/c1-13(30)27(38)32-17-5-3-4-15(8-17)29(40)34-21-12-19(50(41,42)43)9-16-10-23(52(47,48)49)25(26(37)24(16)21)36-35-20-11-18(33-28(39)14(2)31)6-7-22(20)51(44,45)46;;;/h3-12,37H,1-2H2,(H,32,38)(H,33,39)(H,34,40)(H,41,42,43)(H,44,45,46)(H,47,48,49);;;/q;3*+1/p-3. The van der Waals surface area contributed by atoms with Gasteiger partial charge >= 0.3 is 88.7 Å². The number of azo groups is 1. The predicted octanol–water partition coefficient (Wildman–Crippen LogP) is -4.37. The normalized spacial score (nSPS) is 11.4. The summed E-state index contributed by atoms with van der Waals surface area (Å²) in [6.07, 6.45) is 0. The van der Waals surface area contributed by atoms with Crippen molar-refractivity contribution in [3.8, 4) is 5.75 Å². The van der Waals surface area contributed by atoms with Crippen LogP contribution in [0.15, 0.2) is 108 Å². The zero-order valence-corrected chi connectivity index (χ0v) is 40.0. The van der Waals surface area contributed by atoms with Crippen LogP contribution in [0.5, 0.6) is 5.75 Å². The van der Waals surface area contributed by atoms with Crippen molar-refractivity contribution in [3.05, 3.63) is 88.3 Å². The third-order valence-electron chi connectivity index (χ3n) is 6.55. The Labute approximate surface area is 396 Å². The maximum atomic E-state index is 13.3. The number of nitrogens with zero attached hydrogens (tertiary/aromatic N) is 2. The van der Waals surface area contributed by atoms with E-state index >= 15 is 0 Å². The van der Waals surface area contributed by atoms with E-state index < -0.39 is 96.3 Å². The summed E-state index contributed by atoms with van der Waals surface area (Å²) >= 11 is 5.74. The van der Waals surface area contributed by atoms with Crippen molar-refractivity contribution >= 4 is 119 Å². The summed E-state index contributed by atoms with van der Waals surface area (Å²) < 4.78 is 109. The number of carbonyl (C=O) groups is 3. The van der Waals surface area contributed by atoms with Gasteiger partial charge in [0.1, 0.15) is 41.7 Å². The molecular weight excluding hydrogens is 951 g/mol. The van der Waals surface area contributed by atoms with Gasteiger partial charge in [-0.2, -0.15) is 0 Å². The van der Waals surface area contributed by atoms with Crippen molar-refractivity contribution in [2.75, 3.05) is 16.0 Å². The second-order valence-corrected chi connectivity index (χ2v) is 16.1. The molecule has 0 aliphatic rings. The Morgan fingerprint density at radius 2 is 1.22 bits per heavy atom. The van der Waals surface area contributed by atoms with E-state index in [2.05, 4.69) is 71.2 Å². The summed E-state index contributed by atoms with van der Waals surface area (Å²) in [4.78, 5) is 34.0. The molecule has 4 aromatic rings. The molecule has 272 valence electrons. The molecule has 55 heavy (non-hydrogen) atoms. The van der Waals surface area contributed by atoms with Gasteiger partial charge in [-0.05, 0) is 91.8 Å². The van der Waals surface area contributed by atoms with E-state index in [1.54, 1.807) is 0 Å². The first-order valence-corrected chi connectivity index (χ1v) is 19.3. The van der Waals surface area contributed by atoms with Crippen molar-refractivity contribution in [2.24, 2.45) is 10.2 Å². The molecule has 4 aromatic carbocycles. The third-order valence-corrected chi connectivity index (χ3v) is 9.82. The Morgan fingerprint density at radius 3 is 1.73 bits per heavy atom. The SMILES string of the molecule is C=C(Br)C(=O)Nc1cccc(C(=O)Nc2cc(S(=O)(=O)[O-])cc3cc(S(=O)(=O)[O-])c(N=Nc4cc(NC(=O)C(=C)Br)ccc4S(=O)(=O)[O-])c(O)c23)c1.[Na+].[Na+].[Na+]. The van der Waals surface area contributed by atoms with Gasteiger partial charge in [-0.3, -0.25) is 14.4 Å². The molecule has 4 rings (SSSR count). The molecule has 0 saturated heterocycles. The number of hydrogen-bond donors (Lipinski definition) is 4. The smallest absolute Gasteiger partial charge is 0.744 e. The van der Waals surface area contributed by atoms with Gasteiger partial charge in [-0.25, -0.2) is 25.3 Å².